The summed E-state index contributed by atoms with van der Waals surface area (Å²) in [5.74, 6) is 0. The summed E-state index contributed by atoms with van der Waals surface area (Å²) in [7, 11) is 0. The standard InChI is InChI=1S/C13H11N.C2H6/c14-13(11-7-3-1-4-8-11)12-9-5-2-6-10-12;1-2/h1,3-5,7-10,13H,14H2;1-2H3. The van der Waals surface area contributed by atoms with E-state index in [1.54, 1.807) is 0 Å². The molecule has 1 nitrogen and oxygen atoms in total. The topological polar surface area (TPSA) is 26.0 Å². The zero-order valence-electron chi connectivity index (χ0n) is 9.77. The van der Waals surface area contributed by atoms with Crippen LogP contribution in [0.2, 0.25) is 0 Å². The van der Waals surface area contributed by atoms with E-state index in [1.807, 2.05) is 62.4 Å². The van der Waals surface area contributed by atoms with Crippen molar-refractivity contribution < 1.29 is 0 Å². The minimum Gasteiger partial charge on any atom is -0.320 e. The first-order chi connectivity index (χ1) is 7.88. The molecule has 1 atom stereocenters. The van der Waals surface area contributed by atoms with Crippen LogP contribution in [0.15, 0.2) is 65.6 Å². The molecule has 2 rings (SSSR count). The van der Waals surface area contributed by atoms with E-state index in [9.17, 15) is 0 Å². The van der Waals surface area contributed by atoms with Crippen LogP contribution in [0.5, 0.6) is 0 Å². The van der Waals surface area contributed by atoms with Gasteiger partial charge in [-0.1, -0.05) is 55.6 Å². The van der Waals surface area contributed by atoms with E-state index < -0.39 is 0 Å². The van der Waals surface area contributed by atoms with Gasteiger partial charge < -0.3 is 5.73 Å². The third-order valence-electron chi connectivity index (χ3n) is 2.20. The first-order valence-electron chi connectivity index (χ1n) is 5.56. The van der Waals surface area contributed by atoms with Crippen LogP contribution in [0.3, 0.4) is 0 Å². The van der Waals surface area contributed by atoms with Gasteiger partial charge >= 0.3 is 0 Å². The van der Waals surface area contributed by atoms with E-state index in [0.29, 0.717) is 0 Å². The van der Waals surface area contributed by atoms with E-state index in [4.69, 9.17) is 5.73 Å². The van der Waals surface area contributed by atoms with Crippen molar-refractivity contribution in [3.63, 3.8) is 0 Å². The Morgan fingerprint density at radius 3 is 2.31 bits per heavy atom. The van der Waals surface area contributed by atoms with Crippen molar-refractivity contribution in [2.75, 3.05) is 0 Å². The summed E-state index contributed by atoms with van der Waals surface area (Å²) < 4.78 is 0. The van der Waals surface area contributed by atoms with Gasteiger partial charge in [0.15, 0.2) is 0 Å². The first kappa shape index (κ1) is 12.3. The lowest BCUT2D eigenvalue weighted by molar-refractivity contribution is 0.870. The highest BCUT2D eigenvalue weighted by Crippen LogP contribution is 2.20. The number of hydrogen-bond acceptors (Lipinski definition) is 1. The Balaban J connectivity index is 0.000000606. The molecule has 1 aliphatic carbocycles. The molecule has 1 heteroatoms. The average molecular weight is 211 g/mol. The number of allylic oxidation sites excluding steroid dienone is 2. The summed E-state index contributed by atoms with van der Waals surface area (Å²) >= 11 is 0. The fourth-order valence-corrected chi connectivity index (χ4v) is 1.41. The molecule has 0 aliphatic heterocycles. The van der Waals surface area contributed by atoms with Crippen LogP contribution in [0.25, 0.3) is 0 Å². The van der Waals surface area contributed by atoms with Crippen molar-refractivity contribution in [2.24, 2.45) is 5.73 Å². The Morgan fingerprint density at radius 2 is 1.75 bits per heavy atom. The molecule has 0 fully saturated rings. The molecule has 1 aliphatic rings. The second-order valence-electron chi connectivity index (χ2n) is 3.15. The minimum atomic E-state index is -0.0675. The van der Waals surface area contributed by atoms with Crippen LogP contribution >= 0.6 is 0 Å². The lowest BCUT2D eigenvalue weighted by Crippen LogP contribution is -2.11. The molecule has 0 heterocycles. The van der Waals surface area contributed by atoms with Crippen LogP contribution in [0.4, 0.5) is 0 Å². The molecule has 0 radical (unpaired) electrons. The third kappa shape index (κ3) is 3.12. The van der Waals surface area contributed by atoms with Gasteiger partial charge in [0.25, 0.3) is 0 Å². The van der Waals surface area contributed by atoms with Gasteiger partial charge in [-0.25, -0.2) is 0 Å². The van der Waals surface area contributed by atoms with Gasteiger partial charge in [-0.2, -0.15) is 0 Å². The smallest absolute Gasteiger partial charge is 0.0558 e. The molecule has 0 aromatic heterocycles. The average Bonchev–Trinajstić information content (AvgIpc) is 2.42. The van der Waals surface area contributed by atoms with Gasteiger partial charge in [-0.3, -0.25) is 0 Å². The van der Waals surface area contributed by atoms with E-state index in [-0.39, 0.29) is 6.04 Å². The van der Waals surface area contributed by atoms with E-state index in [2.05, 4.69) is 11.5 Å². The van der Waals surface area contributed by atoms with Crippen LogP contribution in [0.1, 0.15) is 25.5 Å². The molecule has 0 spiro atoms. The second-order valence-corrected chi connectivity index (χ2v) is 3.15. The Hall–Kier alpha value is -1.78. The van der Waals surface area contributed by atoms with Gasteiger partial charge in [0.2, 0.25) is 0 Å². The maximum Gasteiger partial charge on any atom is 0.0558 e. The molecule has 0 amide bonds. The Kier molecular flexibility index (Phi) is 5.11. The zero-order chi connectivity index (χ0) is 11.8. The number of rotatable bonds is 2. The van der Waals surface area contributed by atoms with Gasteiger partial charge in [-0.05, 0) is 29.4 Å². The fraction of sp³-hybridized carbons (Fsp3) is 0.200. The highest BCUT2D eigenvalue weighted by molar-refractivity contribution is 5.37. The zero-order valence-corrected chi connectivity index (χ0v) is 9.77. The molecule has 16 heavy (non-hydrogen) atoms. The summed E-state index contributed by atoms with van der Waals surface area (Å²) in [6, 6.07) is 9.97. The summed E-state index contributed by atoms with van der Waals surface area (Å²) in [5.41, 5.74) is 14.0. The van der Waals surface area contributed by atoms with Gasteiger partial charge in [0.1, 0.15) is 0 Å². The normalized spacial score (nSPS) is 13.8. The molecular formula is C15H17N. The molecule has 0 saturated heterocycles. The quantitative estimate of drug-likeness (QED) is 0.744. The third-order valence-corrected chi connectivity index (χ3v) is 2.20. The Morgan fingerprint density at radius 1 is 1.06 bits per heavy atom. The molecule has 2 N–H and O–H groups in total. The van der Waals surface area contributed by atoms with Crippen molar-refractivity contribution in [1.29, 1.82) is 0 Å². The van der Waals surface area contributed by atoms with Crippen LogP contribution in [-0.4, -0.2) is 0 Å². The number of hydrogen-bond donors (Lipinski definition) is 1. The van der Waals surface area contributed by atoms with Crippen molar-refractivity contribution in [3.05, 3.63) is 71.2 Å². The number of benzene rings is 1. The maximum absolute atomic E-state index is 6.08. The van der Waals surface area contributed by atoms with Crippen molar-refractivity contribution in [1.82, 2.24) is 0 Å². The van der Waals surface area contributed by atoms with Crippen molar-refractivity contribution in [3.8, 4) is 0 Å². The van der Waals surface area contributed by atoms with Gasteiger partial charge in [0.05, 0.1) is 6.04 Å². The molecule has 0 bridgehead atoms. The Bertz CT molecular complexity index is 442. The summed E-state index contributed by atoms with van der Waals surface area (Å²) in [5, 5.41) is 0. The van der Waals surface area contributed by atoms with E-state index in [1.165, 1.54) is 0 Å². The molecule has 82 valence electrons. The van der Waals surface area contributed by atoms with Crippen molar-refractivity contribution >= 4 is 0 Å². The van der Waals surface area contributed by atoms with Crippen LogP contribution in [-0.2, 0) is 0 Å². The predicted octanol–water partition coefficient (Wildman–Crippen LogP) is 3.52. The first-order valence-corrected chi connectivity index (χ1v) is 5.56. The van der Waals surface area contributed by atoms with E-state index in [0.717, 1.165) is 11.1 Å². The van der Waals surface area contributed by atoms with Gasteiger partial charge in [0, 0.05) is 0 Å². The SMILES string of the molecule is CC.NC(C1=CC=C=C=C1)c1ccccc1. The summed E-state index contributed by atoms with van der Waals surface area (Å²) in [4.78, 5) is 0. The Labute approximate surface area is 97.3 Å². The highest BCUT2D eigenvalue weighted by Gasteiger charge is 2.08. The fourth-order valence-electron chi connectivity index (χ4n) is 1.41. The molecule has 1 aromatic rings. The monoisotopic (exact) mass is 211 g/mol. The molecule has 0 saturated carbocycles. The van der Waals surface area contributed by atoms with Gasteiger partial charge in [-0.15, -0.1) is 0 Å². The molecule has 1 aromatic carbocycles. The van der Waals surface area contributed by atoms with Crippen LogP contribution in [0, 0.1) is 0 Å². The highest BCUT2D eigenvalue weighted by atomic mass is 14.6. The number of nitrogens with two attached hydrogens (primary N) is 1. The van der Waals surface area contributed by atoms with E-state index >= 15 is 0 Å². The predicted molar refractivity (Wildman–Crippen MR) is 69.0 cm³/mol. The lowest BCUT2D eigenvalue weighted by atomic mass is 9.98. The molecular weight excluding hydrogens is 194 g/mol. The summed E-state index contributed by atoms with van der Waals surface area (Å²) in [6.07, 6.45) is 5.67. The maximum atomic E-state index is 6.08. The van der Waals surface area contributed by atoms with Crippen LogP contribution < -0.4 is 5.73 Å². The summed E-state index contributed by atoms with van der Waals surface area (Å²) in [6.45, 7) is 4.00. The minimum absolute atomic E-state index is 0.0675. The largest absolute Gasteiger partial charge is 0.320 e. The molecule has 1 unspecified atom stereocenters. The lowest BCUT2D eigenvalue weighted by Gasteiger charge is -2.12. The van der Waals surface area contributed by atoms with Crippen molar-refractivity contribution in [2.45, 2.75) is 19.9 Å². The second kappa shape index (κ2) is 6.66.